The topological polar surface area (TPSA) is 98.0 Å². The van der Waals surface area contributed by atoms with Gasteiger partial charge in [-0.3, -0.25) is 0 Å². The Morgan fingerprint density at radius 1 is 1.44 bits per heavy atom. The van der Waals surface area contributed by atoms with Crippen LogP contribution in [-0.2, 0) is 10.0 Å². The molecule has 0 bridgehead atoms. The van der Waals surface area contributed by atoms with Gasteiger partial charge >= 0.3 is 0 Å². The Bertz CT molecular complexity index is 452. The molecule has 1 saturated carbocycles. The van der Waals surface area contributed by atoms with Crippen LogP contribution in [0.1, 0.15) is 25.7 Å². The van der Waals surface area contributed by atoms with Crippen LogP contribution in [-0.4, -0.2) is 25.2 Å². The van der Waals surface area contributed by atoms with Crippen molar-refractivity contribution in [3.63, 3.8) is 0 Å². The van der Waals surface area contributed by atoms with Crippen molar-refractivity contribution in [2.45, 2.75) is 30.0 Å². The van der Waals surface area contributed by atoms with Crippen molar-refractivity contribution >= 4 is 26.5 Å². The van der Waals surface area contributed by atoms with Crippen LogP contribution in [0.25, 0.3) is 0 Å². The fourth-order valence-electron chi connectivity index (χ4n) is 1.57. The molecule has 8 heteroatoms. The molecular formula is C8H14N4O2S2. The average molecular weight is 262 g/mol. The normalized spacial score (nSPS) is 17.2. The minimum absolute atomic E-state index is 0.0568. The lowest BCUT2D eigenvalue weighted by Crippen LogP contribution is -2.27. The monoisotopic (exact) mass is 262 g/mol. The van der Waals surface area contributed by atoms with Crippen LogP contribution in [0.3, 0.4) is 0 Å². The molecule has 3 N–H and O–H groups in total. The maximum atomic E-state index is 11.7. The summed E-state index contributed by atoms with van der Waals surface area (Å²) < 4.78 is 25.8. The van der Waals surface area contributed by atoms with Crippen molar-refractivity contribution in [3.8, 4) is 0 Å². The second-order valence-corrected chi connectivity index (χ2v) is 6.84. The molecular weight excluding hydrogens is 248 g/mol. The highest BCUT2D eigenvalue weighted by Gasteiger charge is 2.21. The van der Waals surface area contributed by atoms with Crippen LogP contribution >= 0.6 is 11.3 Å². The Morgan fingerprint density at radius 2 is 2.19 bits per heavy atom. The summed E-state index contributed by atoms with van der Waals surface area (Å²) >= 11 is 0.878. The fourth-order valence-corrected chi connectivity index (χ4v) is 3.44. The molecule has 0 amide bonds. The molecule has 2 rings (SSSR count). The lowest BCUT2D eigenvalue weighted by Gasteiger charge is -2.24. The summed E-state index contributed by atoms with van der Waals surface area (Å²) in [5.41, 5.74) is 5.34. The van der Waals surface area contributed by atoms with E-state index >= 15 is 0 Å². The third-order valence-corrected chi connectivity index (χ3v) is 5.30. The minimum atomic E-state index is -3.50. The Morgan fingerprint density at radius 3 is 2.69 bits per heavy atom. The number of hydrogen-bond acceptors (Lipinski definition) is 6. The molecule has 0 aliphatic heterocycles. The summed E-state index contributed by atoms with van der Waals surface area (Å²) in [5.74, 6) is 0.683. The largest absolute Gasteiger partial charge is 0.374 e. The lowest BCUT2D eigenvalue weighted by atomic mass is 9.83. The van der Waals surface area contributed by atoms with E-state index in [1.165, 1.54) is 19.3 Å². The summed E-state index contributed by atoms with van der Waals surface area (Å²) in [6.07, 6.45) is 4.60. The number of nitrogen functional groups attached to an aromatic ring is 1. The van der Waals surface area contributed by atoms with Gasteiger partial charge in [0, 0.05) is 6.54 Å². The molecule has 1 aromatic rings. The molecule has 16 heavy (non-hydrogen) atoms. The molecule has 1 fully saturated rings. The van der Waals surface area contributed by atoms with Crippen molar-refractivity contribution in [1.29, 1.82) is 0 Å². The lowest BCUT2D eigenvalue weighted by molar-refractivity contribution is 0.297. The molecule has 0 spiro atoms. The third-order valence-electron chi connectivity index (χ3n) is 2.72. The summed E-state index contributed by atoms with van der Waals surface area (Å²) in [5, 5.41) is 7.16. The first-order chi connectivity index (χ1) is 7.58. The van der Waals surface area contributed by atoms with E-state index in [1.807, 2.05) is 0 Å². The molecule has 1 aliphatic carbocycles. The van der Waals surface area contributed by atoms with E-state index in [4.69, 9.17) is 5.73 Å². The van der Waals surface area contributed by atoms with Crippen LogP contribution in [0, 0.1) is 5.92 Å². The Balaban J connectivity index is 1.87. The smallest absolute Gasteiger partial charge is 0.269 e. The number of rotatable bonds is 5. The van der Waals surface area contributed by atoms with Crippen LogP contribution in [0.5, 0.6) is 0 Å². The molecule has 1 aliphatic rings. The molecule has 1 aromatic heterocycles. The Labute approximate surface area is 98.3 Å². The van der Waals surface area contributed by atoms with Gasteiger partial charge in [0.05, 0.1) is 0 Å². The zero-order valence-corrected chi connectivity index (χ0v) is 10.4. The van der Waals surface area contributed by atoms with Crippen LogP contribution < -0.4 is 10.5 Å². The van der Waals surface area contributed by atoms with Gasteiger partial charge in [-0.25, -0.2) is 13.1 Å². The summed E-state index contributed by atoms with van der Waals surface area (Å²) in [6, 6.07) is 0. The van der Waals surface area contributed by atoms with E-state index in [0.717, 1.165) is 17.8 Å². The van der Waals surface area contributed by atoms with Gasteiger partial charge in [0.25, 0.3) is 10.0 Å². The predicted molar refractivity (Wildman–Crippen MR) is 61.5 cm³/mol. The van der Waals surface area contributed by atoms with Gasteiger partial charge in [0.2, 0.25) is 9.47 Å². The van der Waals surface area contributed by atoms with Gasteiger partial charge in [0.1, 0.15) is 0 Å². The van der Waals surface area contributed by atoms with E-state index in [2.05, 4.69) is 14.9 Å². The molecule has 0 atom stereocenters. The molecule has 6 nitrogen and oxygen atoms in total. The van der Waals surface area contributed by atoms with Crippen molar-refractivity contribution in [2.75, 3.05) is 12.3 Å². The SMILES string of the molecule is Nc1nnc(S(=O)(=O)NCCC2CCC2)s1. The van der Waals surface area contributed by atoms with Gasteiger partial charge in [0.15, 0.2) is 0 Å². The first-order valence-corrected chi connectivity index (χ1v) is 7.46. The summed E-state index contributed by atoms with van der Waals surface area (Å²) in [6.45, 7) is 0.465. The van der Waals surface area contributed by atoms with Gasteiger partial charge in [-0.15, -0.1) is 10.2 Å². The molecule has 1 heterocycles. The zero-order chi connectivity index (χ0) is 11.6. The Kier molecular flexibility index (Phi) is 3.41. The standard InChI is InChI=1S/C8H14N4O2S2/c9-7-11-12-8(15-7)16(13,14)10-5-4-6-2-1-3-6/h6,10H,1-5H2,(H2,9,11). The van der Waals surface area contributed by atoms with Crippen molar-refractivity contribution in [3.05, 3.63) is 0 Å². The van der Waals surface area contributed by atoms with E-state index < -0.39 is 10.0 Å². The second kappa shape index (κ2) is 4.64. The van der Waals surface area contributed by atoms with Gasteiger partial charge < -0.3 is 5.73 Å². The molecule has 0 radical (unpaired) electrons. The highest BCUT2D eigenvalue weighted by molar-refractivity contribution is 7.91. The highest BCUT2D eigenvalue weighted by Crippen LogP contribution is 2.28. The Hall–Kier alpha value is -0.730. The van der Waals surface area contributed by atoms with Crippen molar-refractivity contribution < 1.29 is 8.42 Å². The van der Waals surface area contributed by atoms with E-state index in [1.54, 1.807) is 0 Å². The maximum absolute atomic E-state index is 11.7. The highest BCUT2D eigenvalue weighted by atomic mass is 32.2. The zero-order valence-electron chi connectivity index (χ0n) is 8.72. The fraction of sp³-hybridized carbons (Fsp3) is 0.750. The van der Waals surface area contributed by atoms with Crippen LogP contribution in [0.4, 0.5) is 5.13 Å². The minimum Gasteiger partial charge on any atom is -0.374 e. The molecule has 0 saturated heterocycles. The predicted octanol–water partition coefficient (Wildman–Crippen LogP) is 0.589. The van der Waals surface area contributed by atoms with Crippen molar-refractivity contribution in [2.24, 2.45) is 5.92 Å². The maximum Gasteiger partial charge on any atom is 0.269 e. The van der Waals surface area contributed by atoms with Crippen LogP contribution in [0.2, 0.25) is 0 Å². The average Bonchev–Trinajstić information content (AvgIpc) is 2.57. The van der Waals surface area contributed by atoms with Crippen LogP contribution in [0.15, 0.2) is 4.34 Å². The number of nitrogens with one attached hydrogen (secondary N) is 1. The quantitative estimate of drug-likeness (QED) is 0.809. The van der Waals surface area contributed by atoms with E-state index in [-0.39, 0.29) is 9.47 Å². The third kappa shape index (κ3) is 2.69. The molecule has 0 unspecified atom stereocenters. The molecule has 90 valence electrons. The molecule has 0 aromatic carbocycles. The van der Waals surface area contributed by atoms with Gasteiger partial charge in [-0.1, -0.05) is 30.6 Å². The first kappa shape index (κ1) is 11.7. The number of hydrogen-bond donors (Lipinski definition) is 2. The number of sulfonamides is 1. The van der Waals surface area contributed by atoms with E-state index in [0.29, 0.717) is 12.5 Å². The van der Waals surface area contributed by atoms with Gasteiger partial charge in [-0.2, -0.15) is 0 Å². The summed E-state index contributed by atoms with van der Waals surface area (Å²) in [4.78, 5) is 0. The number of nitrogens with zero attached hydrogens (tertiary/aromatic N) is 2. The van der Waals surface area contributed by atoms with Gasteiger partial charge in [-0.05, 0) is 12.3 Å². The first-order valence-electron chi connectivity index (χ1n) is 5.16. The number of anilines is 1. The number of nitrogens with two attached hydrogens (primary N) is 1. The van der Waals surface area contributed by atoms with Crippen molar-refractivity contribution in [1.82, 2.24) is 14.9 Å². The number of aromatic nitrogens is 2. The van der Waals surface area contributed by atoms with E-state index in [9.17, 15) is 8.42 Å². The summed E-state index contributed by atoms with van der Waals surface area (Å²) in [7, 11) is -3.50. The second-order valence-electron chi connectivity index (χ2n) is 3.89.